The smallest absolute Gasteiger partial charge is 0.410 e. The molecule has 6 heteroatoms. The Hall–Kier alpha value is -1.30. The van der Waals surface area contributed by atoms with Crippen molar-refractivity contribution in [1.82, 2.24) is 4.90 Å². The summed E-state index contributed by atoms with van der Waals surface area (Å²) >= 11 is 0. The predicted octanol–water partition coefficient (Wildman–Crippen LogP) is 2.35. The Labute approximate surface area is 126 Å². The molecule has 1 rings (SSSR count). The maximum Gasteiger partial charge on any atom is 0.410 e. The van der Waals surface area contributed by atoms with Gasteiger partial charge in [0.2, 0.25) is 0 Å². The Balaban J connectivity index is 2.35. The van der Waals surface area contributed by atoms with Gasteiger partial charge in [-0.15, -0.1) is 0 Å². The normalized spacial score (nSPS) is 18.2. The van der Waals surface area contributed by atoms with Crippen LogP contribution in [-0.4, -0.2) is 54.5 Å². The van der Waals surface area contributed by atoms with E-state index in [1.165, 1.54) is 0 Å². The molecule has 1 atom stereocenters. The van der Waals surface area contributed by atoms with Gasteiger partial charge < -0.3 is 19.1 Å². The molecule has 1 amide bonds. The number of hydrogen-bond acceptors (Lipinski definition) is 5. The minimum atomic E-state index is -0.543. The van der Waals surface area contributed by atoms with Crippen molar-refractivity contribution < 1.29 is 23.8 Å². The second-order valence-electron chi connectivity index (χ2n) is 6.20. The SMILES string of the molecule is CCOC(C)C(=O)OC1CCN(C(=O)OC(C)(C)C)CC1. The van der Waals surface area contributed by atoms with Gasteiger partial charge in [-0.3, -0.25) is 0 Å². The van der Waals surface area contributed by atoms with Gasteiger partial charge >= 0.3 is 12.1 Å². The molecule has 0 aromatic carbocycles. The number of rotatable bonds is 4. The highest BCUT2D eigenvalue weighted by Crippen LogP contribution is 2.18. The number of esters is 1. The molecule has 21 heavy (non-hydrogen) atoms. The van der Waals surface area contributed by atoms with Gasteiger partial charge in [-0.05, 0) is 34.6 Å². The van der Waals surface area contributed by atoms with Gasteiger partial charge in [0.1, 0.15) is 11.7 Å². The first-order valence-corrected chi connectivity index (χ1v) is 7.53. The van der Waals surface area contributed by atoms with Crippen molar-refractivity contribution in [3.63, 3.8) is 0 Å². The number of piperidine rings is 1. The highest BCUT2D eigenvalue weighted by atomic mass is 16.6. The molecule has 1 unspecified atom stereocenters. The first-order chi connectivity index (χ1) is 9.73. The van der Waals surface area contributed by atoms with Crippen LogP contribution in [0.1, 0.15) is 47.5 Å². The average Bonchev–Trinajstić information content (AvgIpc) is 2.37. The van der Waals surface area contributed by atoms with Crippen LogP contribution < -0.4 is 0 Å². The van der Waals surface area contributed by atoms with Crippen LogP contribution in [0.25, 0.3) is 0 Å². The van der Waals surface area contributed by atoms with E-state index in [-0.39, 0.29) is 18.2 Å². The molecular weight excluding hydrogens is 274 g/mol. The molecule has 1 fully saturated rings. The minimum absolute atomic E-state index is 0.154. The summed E-state index contributed by atoms with van der Waals surface area (Å²) in [6.45, 7) is 10.6. The number of ether oxygens (including phenoxy) is 3. The Morgan fingerprint density at radius 3 is 2.29 bits per heavy atom. The van der Waals surface area contributed by atoms with Crippen LogP contribution >= 0.6 is 0 Å². The van der Waals surface area contributed by atoms with E-state index >= 15 is 0 Å². The first-order valence-electron chi connectivity index (χ1n) is 7.53. The Kier molecular flexibility index (Phi) is 6.45. The molecule has 1 aliphatic heterocycles. The van der Waals surface area contributed by atoms with E-state index in [2.05, 4.69) is 0 Å². The van der Waals surface area contributed by atoms with E-state index in [1.807, 2.05) is 27.7 Å². The molecule has 1 heterocycles. The quantitative estimate of drug-likeness (QED) is 0.746. The third-order valence-corrected chi connectivity index (χ3v) is 3.13. The number of likely N-dealkylation sites (tertiary alicyclic amines) is 1. The third kappa shape index (κ3) is 6.33. The maximum atomic E-state index is 11.9. The first kappa shape index (κ1) is 17.8. The van der Waals surface area contributed by atoms with Gasteiger partial charge in [0, 0.05) is 32.5 Å². The lowest BCUT2D eigenvalue weighted by molar-refractivity contribution is -0.163. The molecule has 1 aliphatic rings. The van der Waals surface area contributed by atoms with E-state index < -0.39 is 11.7 Å². The zero-order valence-corrected chi connectivity index (χ0v) is 13.7. The number of amides is 1. The largest absolute Gasteiger partial charge is 0.460 e. The maximum absolute atomic E-state index is 11.9. The summed E-state index contributed by atoms with van der Waals surface area (Å²) < 4.78 is 15.9. The molecule has 0 aromatic rings. The molecular formula is C15H27NO5. The number of carbonyl (C=O) groups excluding carboxylic acids is 2. The summed E-state index contributed by atoms with van der Waals surface area (Å²) in [6, 6.07) is 0. The molecule has 0 radical (unpaired) electrons. The number of hydrogen-bond donors (Lipinski definition) is 0. The van der Waals surface area contributed by atoms with Crippen LogP contribution in [0.4, 0.5) is 4.79 Å². The standard InChI is InChI=1S/C15H27NO5/c1-6-19-11(2)13(17)20-12-7-9-16(10-8-12)14(18)21-15(3,4)5/h11-12H,6-10H2,1-5H3. The predicted molar refractivity (Wildman–Crippen MR) is 78.0 cm³/mol. The van der Waals surface area contributed by atoms with Gasteiger partial charge in [-0.2, -0.15) is 0 Å². The zero-order valence-electron chi connectivity index (χ0n) is 13.7. The second-order valence-corrected chi connectivity index (χ2v) is 6.20. The fourth-order valence-corrected chi connectivity index (χ4v) is 2.06. The molecule has 0 spiro atoms. The van der Waals surface area contributed by atoms with E-state index in [9.17, 15) is 9.59 Å². The van der Waals surface area contributed by atoms with Crippen LogP contribution in [0.5, 0.6) is 0 Å². The van der Waals surface area contributed by atoms with Gasteiger partial charge in [0.15, 0.2) is 6.10 Å². The number of nitrogens with zero attached hydrogens (tertiary/aromatic N) is 1. The monoisotopic (exact) mass is 301 g/mol. The molecule has 6 nitrogen and oxygen atoms in total. The lowest BCUT2D eigenvalue weighted by Crippen LogP contribution is -2.44. The van der Waals surface area contributed by atoms with Crippen LogP contribution in [0.15, 0.2) is 0 Å². The van der Waals surface area contributed by atoms with E-state index in [0.717, 1.165) is 0 Å². The summed E-state index contributed by atoms with van der Waals surface area (Å²) in [7, 11) is 0. The van der Waals surface area contributed by atoms with Crippen molar-refractivity contribution in [2.45, 2.75) is 65.3 Å². The van der Waals surface area contributed by atoms with Crippen molar-refractivity contribution >= 4 is 12.1 Å². The molecule has 0 saturated carbocycles. The lowest BCUT2D eigenvalue weighted by Gasteiger charge is -2.33. The van der Waals surface area contributed by atoms with Crippen LogP contribution in [0.2, 0.25) is 0 Å². The fourth-order valence-electron chi connectivity index (χ4n) is 2.06. The summed E-state index contributed by atoms with van der Waals surface area (Å²) in [6.07, 6.45) is 0.251. The van der Waals surface area contributed by atoms with Gasteiger partial charge in [-0.1, -0.05) is 0 Å². The fraction of sp³-hybridized carbons (Fsp3) is 0.867. The zero-order chi connectivity index (χ0) is 16.0. The second kappa shape index (κ2) is 7.64. The van der Waals surface area contributed by atoms with Crippen LogP contribution in [-0.2, 0) is 19.0 Å². The minimum Gasteiger partial charge on any atom is -0.460 e. The van der Waals surface area contributed by atoms with Crippen molar-refractivity contribution in [2.24, 2.45) is 0 Å². The van der Waals surface area contributed by atoms with E-state index in [4.69, 9.17) is 14.2 Å². The Morgan fingerprint density at radius 2 is 1.81 bits per heavy atom. The highest BCUT2D eigenvalue weighted by Gasteiger charge is 2.29. The van der Waals surface area contributed by atoms with Crippen molar-refractivity contribution in [3.05, 3.63) is 0 Å². The third-order valence-electron chi connectivity index (χ3n) is 3.13. The summed E-state index contributed by atoms with van der Waals surface area (Å²) in [4.78, 5) is 25.3. The van der Waals surface area contributed by atoms with E-state index in [0.29, 0.717) is 32.5 Å². The van der Waals surface area contributed by atoms with Crippen molar-refractivity contribution in [2.75, 3.05) is 19.7 Å². The van der Waals surface area contributed by atoms with Gasteiger partial charge in [0.25, 0.3) is 0 Å². The van der Waals surface area contributed by atoms with Crippen LogP contribution in [0, 0.1) is 0 Å². The highest BCUT2D eigenvalue weighted by molar-refractivity contribution is 5.74. The summed E-state index contributed by atoms with van der Waals surface area (Å²) in [5.41, 5.74) is -0.493. The van der Waals surface area contributed by atoms with Crippen molar-refractivity contribution in [3.8, 4) is 0 Å². The Bertz CT molecular complexity index is 356. The molecule has 0 aromatic heterocycles. The molecule has 1 saturated heterocycles. The van der Waals surface area contributed by atoms with Gasteiger partial charge in [-0.25, -0.2) is 9.59 Å². The molecule has 0 bridgehead atoms. The van der Waals surface area contributed by atoms with Crippen LogP contribution in [0.3, 0.4) is 0 Å². The Morgan fingerprint density at radius 1 is 1.24 bits per heavy atom. The van der Waals surface area contributed by atoms with E-state index in [1.54, 1.807) is 11.8 Å². The average molecular weight is 301 g/mol. The molecule has 122 valence electrons. The topological polar surface area (TPSA) is 65.1 Å². The van der Waals surface area contributed by atoms with Gasteiger partial charge in [0.05, 0.1) is 0 Å². The molecule has 0 N–H and O–H groups in total. The summed E-state index contributed by atoms with van der Waals surface area (Å²) in [5.74, 6) is -0.340. The molecule has 0 aliphatic carbocycles. The lowest BCUT2D eigenvalue weighted by atomic mass is 10.1. The summed E-state index contributed by atoms with van der Waals surface area (Å²) in [5, 5.41) is 0. The van der Waals surface area contributed by atoms with Crippen molar-refractivity contribution in [1.29, 1.82) is 0 Å². The number of carbonyl (C=O) groups is 2.